The Hall–Kier alpha value is -0.120. The molecule has 0 aromatic heterocycles. The summed E-state index contributed by atoms with van der Waals surface area (Å²) in [6, 6.07) is 0.595. The molecule has 0 atom stereocenters. The van der Waals surface area contributed by atoms with Crippen LogP contribution < -0.4 is 10.6 Å². The zero-order valence-corrected chi connectivity index (χ0v) is 9.76. The summed E-state index contributed by atoms with van der Waals surface area (Å²) in [7, 11) is 0. The van der Waals surface area contributed by atoms with Crippen molar-refractivity contribution in [3.05, 3.63) is 0 Å². The molecule has 2 rings (SSSR count). The predicted molar refractivity (Wildman–Crippen MR) is 61.9 cm³/mol. The predicted octanol–water partition coefficient (Wildman–Crippen LogP) is 0.879. The van der Waals surface area contributed by atoms with Crippen molar-refractivity contribution in [2.24, 2.45) is 5.92 Å². The van der Waals surface area contributed by atoms with Crippen LogP contribution in [0.5, 0.6) is 0 Å². The highest BCUT2D eigenvalue weighted by molar-refractivity contribution is 4.90. The Balaban J connectivity index is 1.70. The highest BCUT2D eigenvalue weighted by Gasteiger charge is 2.33. The standard InChI is InChI=1S/C12H24N2O/c1-2-10-3-5-12(15,6-4-10)9-14-11-7-13-8-11/h10-11,13-15H,2-9H2,1H3. The van der Waals surface area contributed by atoms with Crippen LogP contribution >= 0.6 is 0 Å². The van der Waals surface area contributed by atoms with Gasteiger partial charge in [0, 0.05) is 25.7 Å². The van der Waals surface area contributed by atoms with Crippen LogP contribution in [0.3, 0.4) is 0 Å². The van der Waals surface area contributed by atoms with Gasteiger partial charge >= 0.3 is 0 Å². The zero-order chi connectivity index (χ0) is 10.7. The quantitative estimate of drug-likeness (QED) is 0.648. The molecule has 1 saturated carbocycles. The lowest BCUT2D eigenvalue weighted by Gasteiger charge is -2.38. The van der Waals surface area contributed by atoms with Gasteiger partial charge in [-0.1, -0.05) is 13.3 Å². The number of hydrogen-bond donors (Lipinski definition) is 3. The van der Waals surface area contributed by atoms with Crippen LogP contribution in [0.4, 0.5) is 0 Å². The maximum absolute atomic E-state index is 10.4. The van der Waals surface area contributed by atoms with Gasteiger partial charge in [0.1, 0.15) is 0 Å². The van der Waals surface area contributed by atoms with Crippen LogP contribution in [0.2, 0.25) is 0 Å². The van der Waals surface area contributed by atoms with Gasteiger partial charge in [0.25, 0.3) is 0 Å². The van der Waals surface area contributed by atoms with E-state index in [2.05, 4.69) is 17.6 Å². The van der Waals surface area contributed by atoms with E-state index in [0.29, 0.717) is 6.04 Å². The van der Waals surface area contributed by atoms with Crippen molar-refractivity contribution in [1.29, 1.82) is 0 Å². The van der Waals surface area contributed by atoms with Crippen LogP contribution in [-0.2, 0) is 0 Å². The summed E-state index contributed by atoms with van der Waals surface area (Å²) in [5.41, 5.74) is -0.415. The summed E-state index contributed by atoms with van der Waals surface area (Å²) in [6.07, 6.45) is 5.66. The fraction of sp³-hybridized carbons (Fsp3) is 1.00. The Kier molecular flexibility index (Phi) is 3.65. The molecule has 88 valence electrons. The van der Waals surface area contributed by atoms with Gasteiger partial charge in [-0.15, -0.1) is 0 Å². The van der Waals surface area contributed by atoms with Gasteiger partial charge in [0.05, 0.1) is 5.60 Å². The van der Waals surface area contributed by atoms with Gasteiger partial charge in [-0.2, -0.15) is 0 Å². The van der Waals surface area contributed by atoms with E-state index in [1.54, 1.807) is 0 Å². The average Bonchev–Trinajstić information content (AvgIpc) is 2.16. The smallest absolute Gasteiger partial charge is 0.0771 e. The van der Waals surface area contributed by atoms with E-state index < -0.39 is 5.60 Å². The third kappa shape index (κ3) is 2.92. The van der Waals surface area contributed by atoms with Gasteiger partial charge < -0.3 is 15.7 Å². The van der Waals surface area contributed by atoms with Crippen LogP contribution in [0.1, 0.15) is 39.0 Å². The van der Waals surface area contributed by atoms with Crippen molar-refractivity contribution < 1.29 is 5.11 Å². The molecule has 1 heterocycles. The first kappa shape index (κ1) is 11.4. The van der Waals surface area contributed by atoms with E-state index in [-0.39, 0.29) is 0 Å². The van der Waals surface area contributed by atoms with E-state index in [1.807, 2.05) is 0 Å². The van der Waals surface area contributed by atoms with Crippen molar-refractivity contribution in [3.8, 4) is 0 Å². The second-order valence-electron chi connectivity index (χ2n) is 5.31. The highest BCUT2D eigenvalue weighted by Crippen LogP contribution is 2.33. The van der Waals surface area contributed by atoms with Crippen LogP contribution in [0, 0.1) is 5.92 Å². The molecule has 0 aromatic rings. The average molecular weight is 212 g/mol. The molecule has 1 aliphatic heterocycles. The fourth-order valence-corrected chi connectivity index (χ4v) is 2.57. The molecule has 0 bridgehead atoms. The summed E-state index contributed by atoms with van der Waals surface area (Å²) in [4.78, 5) is 0. The topological polar surface area (TPSA) is 44.3 Å². The minimum absolute atomic E-state index is 0.415. The Labute approximate surface area is 92.6 Å². The maximum atomic E-state index is 10.4. The second kappa shape index (κ2) is 4.81. The third-order valence-electron chi connectivity index (χ3n) is 4.11. The fourth-order valence-electron chi connectivity index (χ4n) is 2.57. The zero-order valence-electron chi connectivity index (χ0n) is 9.76. The van der Waals surface area contributed by atoms with E-state index in [9.17, 15) is 5.11 Å². The molecular formula is C12H24N2O. The van der Waals surface area contributed by atoms with Crippen LogP contribution in [0.25, 0.3) is 0 Å². The molecule has 3 N–H and O–H groups in total. The van der Waals surface area contributed by atoms with Gasteiger partial charge in [-0.3, -0.25) is 0 Å². The highest BCUT2D eigenvalue weighted by atomic mass is 16.3. The lowest BCUT2D eigenvalue weighted by Crippen LogP contribution is -2.58. The molecule has 3 nitrogen and oxygen atoms in total. The van der Waals surface area contributed by atoms with Crippen molar-refractivity contribution in [2.45, 2.75) is 50.7 Å². The first-order chi connectivity index (χ1) is 7.22. The summed E-state index contributed by atoms with van der Waals surface area (Å²) in [5.74, 6) is 0.857. The number of aliphatic hydroxyl groups is 1. The van der Waals surface area contributed by atoms with E-state index in [4.69, 9.17) is 0 Å². The molecule has 3 heteroatoms. The summed E-state index contributed by atoms with van der Waals surface area (Å²) in [5, 5.41) is 17.1. The van der Waals surface area contributed by atoms with Gasteiger partial charge in [-0.05, 0) is 31.6 Å². The van der Waals surface area contributed by atoms with E-state index in [0.717, 1.165) is 38.4 Å². The Bertz CT molecular complexity index is 196. The minimum atomic E-state index is -0.415. The first-order valence-corrected chi connectivity index (χ1v) is 6.38. The lowest BCUT2D eigenvalue weighted by atomic mass is 9.77. The lowest BCUT2D eigenvalue weighted by molar-refractivity contribution is -0.0118. The Morgan fingerprint density at radius 1 is 1.33 bits per heavy atom. The molecule has 1 saturated heterocycles. The molecule has 1 aliphatic carbocycles. The SMILES string of the molecule is CCC1CCC(O)(CNC2CNC2)CC1. The van der Waals surface area contributed by atoms with Gasteiger partial charge in [0.2, 0.25) is 0 Å². The van der Waals surface area contributed by atoms with Crippen molar-refractivity contribution in [2.75, 3.05) is 19.6 Å². The molecule has 2 aliphatic rings. The number of hydrogen-bond acceptors (Lipinski definition) is 3. The number of nitrogens with one attached hydrogen (secondary N) is 2. The van der Waals surface area contributed by atoms with Crippen LogP contribution in [-0.4, -0.2) is 36.4 Å². The molecule has 0 aromatic carbocycles. The first-order valence-electron chi connectivity index (χ1n) is 6.38. The normalized spacial score (nSPS) is 37.6. The third-order valence-corrected chi connectivity index (χ3v) is 4.11. The molecule has 0 unspecified atom stereocenters. The van der Waals surface area contributed by atoms with Crippen LogP contribution in [0.15, 0.2) is 0 Å². The van der Waals surface area contributed by atoms with E-state index >= 15 is 0 Å². The molecule has 0 radical (unpaired) electrons. The largest absolute Gasteiger partial charge is 0.389 e. The van der Waals surface area contributed by atoms with Crippen molar-refractivity contribution in [3.63, 3.8) is 0 Å². The summed E-state index contributed by atoms with van der Waals surface area (Å²) < 4.78 is 0. The minimum Gasteiger partial charge on any atom is -0.389 e. The monoisotopic (exact) mass is 212 g/mol. The Morgan fingerprint density at radius 3 is 2.47 bits per heavy atom. The molecule has 0 amide bonds. The molecule has 15 heavy (non-hydrogen) atoms. The van der Waals surface area contributed by atoms with Gasteiger partial charge in [0.15, 0.2) is 0 Å². The second-order valence-corrected chi connectivity index (χ2v) is 5.31. The number of rotatable bonds is 4. The van der Waals surface area contributed by atoms with E-state index in [1.165, 1.54) is 19.3 Å². The summed E-state index contributed by atoms with van der Waals surface area (Å²) >= 11 is 0. The molecule has 0 spiro atoms. The van der Waals surface area contributed by atoms with Crippen molar-refractivity contribution >= 4 is 0 Å². The maximum Gasteiger partial charge on any atom is 0.0771 e. The van der Waals surface area contributed by atoms with Gasteiger partial charge in [-0.25, -0.2) is 0 Å². The molecule has 2 fully saturated rings. The molecular weight excluding hydrogens is 188 g/mol. The summed E-state index contributed by atoms with van der Waals surface area (Å²) in [6.45, 7) is 5.17. The Morgan fingerprint density at radius 2 is 2.00 bits per heavy atom. The van der Waals surface area contributed by atoms with Crippen molar-refractivity contribution in [1.82, 2.24) is 10.6 Å².